The van der Waals surface area contributed by atoms with E-state index in [1.54, 1.807) is 23.9 Å². The zero-order valence-electron chi connectivity index (χ0n) is 11.8. The summed E-state index contributed by atoms with van der Waals surface area (Å²) in [5, 5.41) is 9.34. The van der Waals surface area contributed by atoms with Crippen molar-refractivity contribution in [3.05, 3.63) is 44.5 Å². The molecule has 21 heavy (non-hydrogen) atoms. The lowest BCUT2D eigenvalue weighted by Gasteiger charge is -2.20. The van der Waals surface area contributed by atoms with Crippen LogP contribution in [-0.2, 0) is 0 Å². The average Bonchev–Trinajstić information content (AvgIpc) is 2.46. The SMILES string of the molecule is CCC(CSC)n1c(=O)c(=O)[nH]c2cccc(C(=O)O)c21. The number of hydrogen-bond acceptors (Lipinski definition) is 4. The molecule has 2 N–H and O–H groups in total. The summed E-state index contributed by atoms with van der Waals surface area (Å²) in [6.45, 7) is 1.91. The largest absolute Gasteiger partial charge is 0.478 e. The van der Waals surface area contributed by atoms with Crippen LogP contribution >= 0.6 is 11.8 Å². The number of hydrogen-bond donors (Lipinski definition) is 2. The van der Waals surface area contributed by atoms with Crippen molar-refractivity contribution in [2.75, 3.05) is 12.0 Å². The number of thioether (sulfide) groups is 1. The molecule has 0 aliphatic carbocycles. The summed E-state index contributed by atoms with van der Waals surface area (Å²) in [6, 6.07) is 4.36. The van der Waals surface area contributed by atoms with Crippen LogP contribution in [0.15, 0.2) is 27.8 Å². The maximum absolute atomic E-state index is 12.2. The van der Waals surface area contributed by atoms with E-state index in [1.807, 2.05) is 13.2 Å². The molecule has 0 bridgehead atoms. The number of carbonyl (C=O) groups is 1. The summed E-state index contributed by atoms with van der Waals surface area (Å²) in [5.41, 5.74) is -0.795. The van der Waals surface area contributed by atoms with E-state index in [4.69, 9.17) is 0 Å². The fourth-order valence-electron chi connectivity index (χ4n) is 2.38. The highest BCUT2D eigenvalue weighted by Gasteiger charge is 2.20. The van der Waals surface area contributed by atoms with Crippen LogP contribution in [0.1, 0.15) is 29.7 Å². The maximum atomic E-state index is 12.2. The molecule has 2 rings (SSSR count). The Morgan fingerprint density at radius 2 is 2.14 bits per heavy atom. The number of rotatable bonds is 5. The molecule has 1 atom stereocenters. The van der Waals surface area contributed by atoms with Crippen molar-refractivity contribution in [1.82, 2.24) is 9.55 Å². The van der Waals surface area contributed by atoms with Gasteiger partial charge >= 0.3 is 17.1 Å². The summed E-state index contributed by atoms with van der Waals surface area (Å²) < 4.78 is 1.33. The van der Waals surface area contributed by atoms with Gasteiger partial charge in [0.1, 0.15) is 0 Å². The van der Waals surface area contributed by atoms with Crippen LogP contribution in [0.2, 0.25) is 0 Å². The van der Waals surface area contributed by atoms with Gasteiger partial charge in [0.15, 0.2) is 0 Å². The first-order chi connectivity index (χ1) is 10.0. The maximum Gasteiger partial charge on any atom is 0.337 e. The van der Waals surface area contributed by atoms with Crippen molar-refractivity contribution in [2.45, 2.75) is 19.4 Å². The van der Waals surface area contributed by atoms with E-state index < -0.39 is 17.1 Å². The van der Waals surface area contributed by atoms with Gasteiger partial charge in [-0.05, 0) is 24.8 Å². The third-order valence-electron chi connectivity index (χ3n) is 3.36. The van der Waals surface area contributed by atoms with Gasteiger partial charge in [-0.1, -0.05) is 13.0 Å². The average molecular weight is 308 g/mol. The molecule has 7 heteroatoms. The van der Waals surface area contributed by atoms with Crippen molar-refractivity contribution < 1.29 is 9.90 Å². The second-order valence-corrected chi connectivity index (χ2v) is 5.56. The fourth-order valence-corrected chi connectivity index (χ4v) is 3.15. The Balaban J connectivity index is 2.95. The second-order valence-electron chi connectivity index (χ2n) is 4.65. The van der Waals surface area contributed by atoms with Crippen LogP contribution in [0.3, 0.4) is 0 Å². The Morgan fingerprint density at radius 3 is 2.71 bits per heavy atom. The van der Waals surface area contributed by atoms with Crippen LogP contribution in [0.4, 0.5) is 0 Å². The van der Waals surface area contributed by atoms with Gasteiger partial charge in [-0.3, -0.25) is 14.2 Å². The quantitative estimate of drug-likeness (QED) is 0.820. The van der Waals surface area contributed by atoms with Gasteiger partial charge in [0.2, 0.25) is 0 Å². The Hall–Kier alpha value is -2.02. The number of nitrogens with zero attached hydrogens (tertiary/aromatic N) is 1. The molecule has 6 nitrogen and oxygen atoms in total. The monoisotopic (exact) mass is 308 g/mol. The minimum absolute atomic E-state index is 0.0143. The number of para-hydroxylation sites is 1. The standard InChI is InChI=1S/C14H16N2O4S/c1-3-8(7-21-2)16-11-9(14(19)20)5-4-6-10(11)15-12(17)13(16)18/h4-6,8H,3,7H2,1-2H3,(H,15,17)(H,19,20). The predicted molar refractivity (Wildman–Crippen MR) is 83.5 cm³/mol. The lowest BCUT2D eigenvalue weighted by Crippen LogP contribution is -2.39. The van der Waals surface area contributed by atoms with Crippen molar-refractivity contribution in [3.63, 3.8) is 0 Å². The third-order valence-corrected chi connectivity index (χ3v) is 4.08. The van der Waals surface area contributed by atoms with E-state index in [-0.39, 0.29) is 17.1 Å². The lowest BCUT2D eigenvalue weighted by molar-refractivity contribution is 0.0698. The van der Waals surface area contributed by atoms with Crippen LogP contribution < -0.4 is 11.1 Å². The van der Waals surface area contributed by atoms with Crippen molar-refractivity contribution in [3.8, 4) is 0 Å². The molecule has 0 saturated heterocycles. The summed E-state index contributed by atoms with van der Waals surface area (Å²) in [4.78, 5) is 37.9. The zero-order valence-corrected chi connectivity index (χ0v) is 12.6. The van der Waals surface area contributed by atoms with E-state index >= 15 is 0 Å². The molecule has 112 valence electrons. The number of aromatic amines is 1. The zero-order chi connectivity index (χ0) is 15.6. The molecule has 1 aromatic carbocycles. The molecule has 1 unspecified atom stereocenters. The molecule has 0 fully saturated rings. The predicted octanol–water partition coefficient (Wildman–Crippen LogP) is 1.70. The second kappa shape index (κ2) is 6.17. The lowest BCUT2D eigenvalue weighted by atomic mass is 10.1. The molecule has 0 aliphatic heterocycles. The Labute approximate surface area is 124 Å². The van der Waals surface area contributed by atoms with Gasteiger partial charge < -0.3 is 10.1 Å². The molecule has 0 spiro atoms. The number of H-pyrrole nitrogens is 1. The molecule has 1 aromatic heterocycles. The van der Waals surface area contributed by atoms with Gasteiger partial charge in [0, 0.05) is 11.8 Å². The van der Waals surface area contributed by atoms with E-state index in [0.29, 0.717) is 17.7 Å². The van der Waals surface area contributed by atoms with Crippen LogP contribution in [0.5, 0.6) is 0 Å². The van der Waals surface area contributed by atoms with Gasteiger partial charge in [-0.25, -0.2) is 4.79 Å². The Kier molecular flexibility index (Phi) is 4.52. The molecule has 0 radical (unpaired) electrons. The van der Waals surface area contributed by atoms with Gasteiger partial charge in [0.25, 0.3) is 0 Å². The number of nitrogens with one attached hydrogen (secondary N) is 1. The summed E-state index contributed by atoms with van der Waals surface area (Å²) >= 11 is 1.55. The smallest absolute Gasteiger partial charge is 0.337 e. The molecule has 0 aliphatic rings. The molecular weight excluding hydrogens is 292 g/mol. The van der Waals surface area contributed by atoms with Crippen molar-refractivity contribution in [2.24, 2.45) is 0 Å². The van der Waals surface area contributed by atoms with E-state index in [1.165, 1.54) is 10.6 Å². The summed E-state index contributed by atoms with van der Waals surface area (Å²) in [7, 11) is 0. The highest BCUT2D eigenvalue weighted by molar-refractivity contribution is 7.98. The number of carboxylic acids is 1. The van der Waals surface area contributed by atoms with E-state index in [2.05, 4.69) is 4.98 Å². The van der Waals surface area contributed by atoms with Crippen molar-refractivity contribution in [1.29, 1.82) is 0 Å². The minimum Gasteiger partial charge on any atom is -0.478 e. The first-order valence-electron chi connectivity index (χ1n) is 6.51. The minimum atomic E-state index is -1.13. The normalized spacial score (nSPS) is 12.5. The highest BCUT2D eigenvalue weighted by atomic mass is 32.2. The number of aromatic nitrogens is 2. The van der Waals surface area contributed by atoms with Crippen molar-refractivity contribution >= 4 is 28.8 Å². The molecule has 0 saturated carbocycles. The molecular formula is C14H16N2O4S. The number of aromatic carboxylic acids is 1. The molecule has 2 aromatic rings. The number of carboxylic acid groups (broad SMARTS) is 1. The summed E-state index contributed by atoms with van der Waals surface area (Å²) in [6.07, 6.45) is 2.54. The van der Waals surface area contributed by atoms with Crippen LogP contribution in [0.25, 0.3) is 11.0 Å². The van der Waals surface area contributed by atoms with Crippen LogP contribution in [-0.4, -0.2) is 32.6 Å². The topological polar surface area (TPSA) is 92.2 Å². The van der Waals surface area contributed by atoms with E-state index in [0.717, 1.165) is 0 Å². The number of fused-ring (bicyclic) bond motifs is 1. The summed E-state index contributed by atoms with van der Waals surface area (Å²) in [5.74, 6) is -0.497. The van der Waals surface area contributed by atoms with Gasteiger partial charge in [-0.15, -0.1) is 0 Å². The molecule has 0 amide bonds. The van der Waals surface area contributed by atoms with Gasteiger partial charge in [-0.2, -0.15) is 11.8 Å². The fraction of sp³-hybridized carbons (Fsp3) is 0.357. The highest BCUT2D eigenvalue weighted by Crippen LogP contribution is 2.22. The van der Waals surface area contributed by atoms with E-state index in [9.17, 15) is 19.5 Å². The number of benzene rings is 1. The Morgan fingerprint density at radius 1 is 1.43 bits per heavy atom. The first kappa shape index (κ1) is 15.4. The third kappa shape index (κ3) is 2.73. The Bertz CT molecular complexity index is 794. The van der Waals surface area contributed by atoms with Gasteiger partial charge in [0.05, 0.1) is 16.6 Å². The first-order valence-corrected chi connectivity index (χ1v) is 7.90. The molecule has 1 heterocycles. The van der Waals surface area contributed by atoms with Crippen LogP contribution in [0, 0.1) is 0 Å².